The van der Waals surface area contributed by atoms with Gasteiger partial charge in [-0.1, -0.05) is 0 Å². The third-order valence-corrected chi connectivity index (χ3v) is 2.65. The first-order valence-electron chi connectivity index (χ1n) is 5.75. The first-order valence-corrected chi connectivity index (χ1v) is 5.75. The largest absolute Gasteiger partial charge is 0.480 e. The summed E-state index contributed by atoms with van der Waals surface area (Å²) in [6.45, 7) is 3.77. The second kappa shape index (κ2) is 5.53. The van der Waals surface area contributed by atoms with Crippen LogP contribution in [-0.4, -0.2) is 77.0 Å². The molecule has 7 heteroatoms. The Kier molecular flexibility index (Phi) is 4.53. The normalized spacial score (nSPS) is 22.7. The van der Waals surface area contributed by atoms with Crippen molar-refractivity contribution in [2.24, 2.45) is 0 Å². The topological polar surface area (TPSA) is 90.3 Å². The van der Waals surface area contributed by atoms with Crippen molar-refractivity contribution in [3.8, 4) is 0 Å². The van der Waals surface area contributed by atoms with Crippen LogP contribution in [0.1, 0.15) is 13.8 Å². The SMILES string of the molecule is CN(CC(=O)O)C(=O)N1CC(CO)OC(C)(C)C1. The van der Waals surface area contributed by atoms with Gasteiger partial charge in [0.25, 0.3) is 0 Å². The predicted molar refractivity (Wildman–Crippen MR) is 63.3 cm³/mol. The Morgan fingerprint density at radius 1 is 1.50 bits per heavy atom. The van der Waals surface area contributed by atoms with Crippen LogP contribution in [0, 0.1) is 0 Å². The summed E-state index contributed by atoms with van der Waals surface area (Å²) < 4.78 is 5.59. The van der Waals surface area contributed by atoms with Crippen LogP contribution in [0.5, 0.6) is 0 Å². The zero-order valence-electron chi connectivity index (χ0n) is 10.9. The molecule has 0 radical (unpaired) electrons. The van der Waals surface area contributed by atoms with Crippen LogP contribution in [0.3, 0.4) is 0 Å². The van der Waals surface area contributed by atoms with E-state index in [-0.39, 0.29) is 25.7 Å². The molecule has 0 bridgehead atoms. The molecule has 1 aliphatic rings. The van der Waals surface area contributed by atoms with Crippen LogP contribution in [0.15, 0.2) is 0 Å². The Labute approximate surface area is 106 Å². The minimum atomic E-state index is -1.06. The van der Waals surface area contributed by atoms with Gasteiger partial charge < -0.3 is 24.7 Å². The van der Waals surface area contributed by atoms with Gasteiger partial charge in [-0.2, -0.15) is 0 Å². The van der Waals surface area contributed by atoms with Gasteiger partial charge in [0.15, 0.2) is 0 Å². The number of aliphatic hydroxyl groups excluding tert-OH is 1. The molecule has 2 amide bonds. The number of carboxylic acid groups (broad SMARTS) is 1. The van der Waals surface area contributed by atoms with Crippen molar-refractivity contribution in [3.05, 3.63) is 0 Å². The van der Waals surface area contributed by atoms with E-state index in [1.54, 1.807) is 0 Å². The second-order valence-electron chi connectivity index (χ2n) is 5.10. The van der Waals surface area contributed by atoms with E-state index in [1.165, 1.54) is 11.9 Å². The minimum Gasteiger partial charge on any atom is -0.480 e. The van der Waals surface area contributed by atoms with E-state index in [1.807, 2.05) is 13.8 Å². The monoisotopic (exact) mass is 260 g/mol. The molecule has 0 spiro atoms. The number of rotatable bonds is 3. The van der Waals surface area contributed by atoms with Crippen LogP contribution in [-0.2, 0) is 9.53 Å². The Balaban J connectivity index is 2.69. The molecule has 1 heterocycles. The highest BCUT2D eigenvalue weighted by atomic mass is 16.5. The van der Waals surface area contributed by atoms with Crippen LogP contribution >= 0.6 is 0 Å². The fraction of sp³-hybridized carbons (Fsp3) is 0.818. The second-order valence-corrected chi connectivity index (χ2v) is 5.10. The molecule has 0 saturated carbocycles. The summed E-state index contributed by atoms with van der Waals surface area (Å²) in [5.74, 6) is -1.06. The zero-order chi connectivity index (χ0) is 13.9. The lowest BCUT2D eigenvalue weighted by molar-refractivity contribution is -0.142. The smallest absolute Gasteiger partial charge is 0.323 e. The fourth-order valence-electron chi connectivity index (χ4n) is 2.05. The number of nitrogens with zero attached hydrogens (tertiary/aromatic N) is 2. The van der Waals surface area contributed by atoms with Gasteiger partial charge in [0.05, 0.1) is 31.4 Å². The zero-order valence-corrected chi connectivity index (χ0v) is 10.9. The van der Waals surface area contributed by atoms with Crippen molar-refractivity contribution in [2.75, 3.05) is 33.3 Å². The number of aliphatic carboxylic acids is 1. The molecule has 1 fully saturated rings. The van der Waals surface area contributed by atoms with E-state index >= 15 is 0 Å². The summed E-state index contributed by atoms with van der Waals surface area (Å²) in [7, 11) is 1.44. The summed E-state index contributed by atoms with van der Waals surface area (Å²) in [6.07, 6.45) is -0.434. The van der Waals surface area contributed by atoms with E-state index in [2.05, 4.69) is 0 Å². The quantitative estimate of drug-likeness (QED) is 0.720. The predicted octanol–water partition coefficient (Wildman–Crippen LogP) is -0.405. The Morgan fingerprint density at radius 2 is 2.11 bits per heavy atom. The Bertz CT molecular complexity index is 331. The van der Waals surface area contributed by atoms with Crippen LogP contribution in [0.2, 0.25) is 0 Å². The molecule has 1 aliphatic heterocycles. The van der Waals surface area contributed by atoms with Gasteiger partial charge in [-0.05, 0) is 13.8 Å². The third kappa shape index (κ3) is 3.85. The minimum absolute atomic E-state index is 0.171. The molecule has 1 saturated heterocycles. The third-order valence-electron chi connectivity index (χ3n) is 2.65. The summed E-state index contributed by atoms with van der Waals surface area (Å²) in [6, 6.07) is -0.368. The van der Waals surface area contributed by atoms with Crippen molar-refractivity contribution >= 4 is 12.0 Å². The van der Waals surface area contributed by atoms with E-state index in [9.17, 15) is 9.59 Å². The highest BCUT2D eigenvalue weighted by Gasteiger charge is 2.36. The molecule has 18 heavy (non-hydrogen) atoms. The maximum Gasteiger partial charge on any atom is 0.323 e. The van der Waals surface area contributed by atoms with Crippen molar-refractivity contribution in [3.63, 3.8) is 0 Å². The van der Waals surface area contributed by atoms with Gasteiger partial charge in [-0.3, -0.25) is 4.79 Å². The standard InChI is InChI=1S/C11H20N2O5/c1-11(2)7-13(4-8(6-14)18-11)10(17)12(3)5-9(15)16/h8,14H,4-7H2,1-3H3,(H,15,16). The summed E-state index contributed by atoms with van der Waals surface area (Å²) in [5.41, 5.74) is -0.550. The molecule has 0 aromatic carbocycles. The number of carboxylic acids is 1. The Morgan fingerprint density at radius 3 is 2.61 bits per heavy atom. The molecular formula is C11H20N2O5. The van der Waals surface area contributed by atoms with E-state index in [4.69, 9.17) is 14.9 Å². The molecule has 0 aromatic rings. The number of carbonyl (C=O) groups is 2. The summed E-state index contributed by atoms with van der Waals surface area (Å²) in [5, 5.41) is 17.8. The lowest BCUT2D eigenvalue weighted by atomic mass is 10.1. The fourth-order valence-corrected chi connectivity index (χ4v) is 2.05. The van der Waals surface area contributed by atoms with Crippen molar-refractivity contribution < 1.29 is 24.5 Å². The van der Waals surface area contributed by atoms with Crippen LogP contribution < -0.4 is 0 Å². The molecule has 2 N–H and O–H groups in total. The summed E-state index contributed by atoms with van der Waals surface area (Å²) >= 11 is 0. The highest BCUT2D eigenvalue weighted by molar-refractivity contribution is 5.80. The molecule has 7 nitrogen and oxygen atoms in total. The number of morpholine rings is 1. The molecule has 1 atom stereocenters. The van der Waals surface area contributed by atoms with Gasteiger partial charge in [0, 0.05) is 7.05 Å². The molecule has 1 unspecified atom stereocenters. The number of hydrogen-bond acceptors (Lipinski definition) is 4. The van der Waals surface area contributed by atoms with Crippen LogP contribution in [0.25, 0.3) is 0 Å². The number of amides is 2. The highest BCUT2D eigenvalue weighted by Crippen LogP contribution is 2.21. The van der Waals surface area contributed by atoms with Crippen molar-refractivity contribution in [2.45, 2.75) is 25.6 Å². The van der Waals surface area contributed by atoms with E-state index in [0.717, 1.165) is 4.90 Å². The van der Waals surface area contributed by atoms with Gasteiger partial charge in [-0.25, -0.2) is 4.79 Å². The van der Waals surface area contributed by atoms with Gasteiger partial charge >= 0.3 is 12.0 Å². The lowest BCUT2D eigenvalue weighted by Gasteiger charge is -2.43. The number of likely N-dealkylation sites (N-methyl/N-ethyl adjacent to an activating group) is 1. The molecule has 1 rings (SSSR count). The number of aliphatic hydroxyl groups is 1. The number of ether oxygens (including phenoxy) is 1. The summed E-state index contributed by atoms with van der Waals surface area (Å²) in [4.78, 5) is 25.2. The number of hydrogen-bond donors (Lipinski definition) is 2. The number of carbonyl (C=O) groups excluding carboxylic acids is 1. The maximum absolute atomic E-state index is 12.0. The maximum atomic E-state index is 12.0. The number of urea groups is 1. The van der Waals surface area contributed by atoms with Gasteiger partial charge in [0.1, 0.15) is 6.54 Å². The van der Waals surface area contributed by atoms with Crippen molar-refractivity contribution in [1.29, 1.82) is 0 Å². The first kappa shape index (κ1) is 14.7. The molecule has 0 aromatic heterocycles. The van der Waals surface area contributed by atoms with Crippen molar-refractivity contribution in [1.82, 2.24) is 9.80 Å². The molecular weight excluding hydrogens is 240 g/mol. The molecule has 104 valence electrons. The van der Waals surface area contributed by atoms with E-state index in [0.29, 0.717) is 6.54 Å². The van der Waals surface area contributed by atoms with Gasteiger partial charge in [-0.15, -0.1) is 0 Å². The lowest BCUT2D eigenvalue weighted by Crippen LogP contribution is -2.58. The van der Waals surface area contributed by atoms with Gasteiger partial charge in [0.2, 0.25) is 0 Å². The van der Waals surface area contributed by atoms with E-state index < -0.39 is 17.7 Å². The average Bonchev–Trinajstić information content (AvgIpc) is 2.24. The first-order chi connectivity index (χ1) is 8.25. The molecule has 0 aliphatic carbocycles. The average molecular weight is 260 g/mol. The van der Waals surface area contributed by atoms with Crippen LogP contribution in [0.4, 0.5) is 4.79 Å². The Hall–Kier alpha value is -1.34.